The molecule has 1 aromatic carbocycles. The Morgan fingerprint density at radius 3 is 2.96 bits per heavy atom. The minimum Gasteiger partial charge on any atom is -0.367 e. The predicted molar refractivity (Wildman–Crippen MR) is 96.3 cm³/mol. The van der Waals surface area contributed by atoms with Gasteiger partial charge in [-0.05, 0) is 47.9 Å². The van der Waals surface area contributed by atoms with Crippen LogP contribution in [-0.2, 0) is 4.74 Å². The zero-order chi connectivity index (χ0) is 15.8. The average molecular weight is 324 g/mol. The summed E-state index contributed by atoms with van der Waals surface area (Å²) < 4.78 is 6.17. The molecule has 2 aromatic heterocycles. The number of hydrogen-bond acceptors (Lipinski definition) is 4. The number of rotatable bonds is 2. The van der Waals surface area contributed by atoms with Crippen molar-refractivity contribution in [1.29, 1.82) is 0 Å². The SMILES string of the molecule is Cc1cccc2c(N3CC(C)OC(c4ccsc4)C3)ccnc12. The second kappa shape index (κ2) is 5.95. The number of aromatic nitrogens is 1. The summed E-state index contributed by atoms with van der Waals surface area (Å²) in [6.45, 7) is 6.07. The van der Waals surface area contributed by atoms with E-state index < -0.39 is 0 Å². The molecular weight excluding hydrogens is 304 g/mol. The van der Waals surface area contributed by atoms with Gasteiger partial charge in [0.05, 0.1) is 11.6 Å². The van der Waals surface area contributed by atoms with Crippen LogP contribution in [-0.4, -0.2) is 24.2 Å². The average Bonchev–Trinajstić information content (AvgIpc) is 3.09. The number of fused-ring (bicyclic) bond motifs is 1. The van der Waals surface area contributed by atoms with E-state index in [2.05, 4.69) is 64.8 Å². The minimum absolute atomic E-state index is 0.137. The number of ether oxygens (including phenoxy) is 1. The van der Waals surface area contributed by atoms with Crippen molar-refractivity contribution in [2.45, 2.75) is 26.1 Å². The van der Waals surface area contributed by atoms with Crippen molar-refractivity contribution >= 4 is 27.9 Å². The fourth-order valence-corrected chi connectivity index (χ4v) is 4.08. The van der Waals surface area contributed by atoms with Gasteiger partial charge >= 0.3 is 0 Å². The third kappa shape index (κ3) is 2.73. The van der Waals surface area contributed by atoms with Gasteiger partial charge in [0, 0.05) is 30.4 Å². The maximum atomic E-state index is 6.17. The lowest BCUT2D eigenvalue weighted by atomic mass is 10.1. The number of benzene rings is 1. The van der Waals surface area contributed by atoms with Gasteiger partial charge in [0.25, 0.3) is 0 Å². The zero-order valence-corrected chi connectivity index (χ0v) is 14.2. The number of thiophene rings is 1. The van der Waals surface area contributed by atoms with Crippen molar-refractivity contribution in [1.82, 2.24) is 4.98 Å². The van der Waals surface area contributed by atoms with Crippen LogP contribution >= 0.6 is 11.3 Å². The molecule has 1 aliphatic heterocycles. The molecule has 4 heteroatoms. The Labute approximate surface area is 140 Å². The number of pyridine rings is 1. The molecule has 3 nitrogen and oxygen atoms in total. The molecule has 3 aromatic rings. The van der Waals surface area contributed by atoms with Gasteiger partial charge in [-0.3, -0.25) is 4.98 Å². The number of anilines is 1. The third-order valence-corrected chi connectivity index (χ3v) is 5.17. The highest BCUT2D eigenvalue weighted by Crippen LogP contribution is 2.33. The first-order valence-electron chi connectivity index (χ1n) is 7.99. The molecule has 118 valence electrons. The molecule has 2 unspecified atom stereocenters. The molecule has 0 N–H and O–H groups in total. The van der Waals surface area contributed by atoms with Crippen LogP contribution < -0.4 is 4.90 Å². The van der Waals surface area contributed by atoms with Crippen LogP contribution in [0.4, 0.5) is 5.69 Å². The molecule has 23 heavy (non-hydrogen) atoms. The number of hydrogen-bond donors (Lipinski definition) is 0. The number of aryl methyl sites for hydroxylation is 1. The molecule has 4 rings (SSSR count). The minimum atomic E-state index is 0.137. The molecule has 1 fully saturated rings. The topological polar surface area (TPSA) is 25.4 Å². The van der Waals surface area contributed by atoms with Crippen LogP contribution in [0, 0.1) is 6.92 Å². The third-order valence-electron chi connectivity index (χ3n) is 4.47. The van der Waals surface area contributed by atoms with E-state index in [0.717, 1.165) is 18.6 Å². The van der Waals surface area contributed by atoms with Crippen LogP contribution in [0.5, 0.6) is 0 Å². The molecule has 0 bridgehead atoms. The summed E-state index contributed by atoms with van der Waals surface area (Å²) in [5.41, 5.74) is 4.85. The van der Waals surface area contributed by atoms with Crippen LogP contribution in [0.3, 0.4) is 0 Å². The molecule has 3 heterocycles. The van der Waals surface area contributed by atoms with Gasteiger partial charge in [-0.15, -0.1) is 0 Å². The van der Waals surface area contributed by atoms with Crippen molar-refractivity contribution in [2.75, 3.05) is 18.0 Å². The summed E-state index contributed by atoms with van der Waals surface area (Å²) >= 11 is 1.73. The highest BCUT2D eigenvalue weighted by molar-refractivity contribution is 7.07. The van der Waals surface area contributed by atoms with Crippen LogP contribution in [0.2, 0.25) is 0 Å². The van der Waals surface area contributed by atoms with Crippen molar-refractivity contribution in [3.63, 3.8) is 0 Å². The number of nitrogens with zero attached hydrogens (tertiary/aromatic N) is 2. The monoisotopic (exact) mass is 324 g/mol. The summed E-state index contributed by atoms with van der Waals surface area (Å²) in [6.07, 6.45) is 2.27. The first-order chi connectivity index (χ1) is 11.2. The second-order valence-corrected chi connectivity index (χ2v) is 6.98. The van der Waals surface area contributed by atoms with Gasteiger partial charge in [-0.2, -0.15) is 11.3 Å². The Kier molecular flexibility index (Phi) is 3.79. The molecule has 2 atom stereocenters. The van der Waals surface area contributed by atoms with Gasteiger partial charge in [-0.25, -0.2) is 0 Å². The molecule has 0 saturated carbocycles. The lowest BCUT2D eigenvalue weighted by Crippen LogP contribution is -2.42. The van der Waals surface area contributed by atoms with E-state index in [9.17, 15) is 0 Å². The lowest BCUT2D eigenvalue weighted by molar-refractivity contribution is -0.0170. The lowest BCUT2D eigenvalue weighted by Gasteiger charge is -2.38. The van der Waals surface area contributed by atoms with Gasteiger partial charge < -0.3 is 9.64 Å². The van der Waals surface area contributed by atoms with Crippen LogP contribution in [0.25, 0.3) is 10.9 Å². The van der Waals surface area contributed by atoms with Gasteiger partial charge in [0.15, 0.2) is 0 Å². The molecule has 1 saturated heterocycles. The fraction of sp³-hybridized carbons (Fsp3) is 0.316. The predicted octanol–water partition coefficient (Wildman–Crippen LogP) is 4.57. The smallest absolute Gasteiger partial charge is 0.101 e. The van der Waals surface area contributed by atoms with E-state index >= 15 is 0 Å². The summed E-state index contributed by atoms with van der Waals surface area (Å²) in [7, 11) is 0. The quantitative estimate of drug-likeness (QED) is 0.690. The van der Waals surface area contributed by atoms with Crippen molar-refractivity contribution in [2.24, 2.45) is 0 Å². The van der Waals surface area contributed by atoms with Crippen molar-refractivity contribution < 1.29 is 4.74 Å². The van der Waals surface area contributed by atoms with Gasteiger partial charge in [-0.1, -0.05) is 18.2 Å². The normalized spacial score (nSPS) is 21.7. The van der Waals surface area contributed by atoms with E-state index in [4.69, 9.17) is 4.74 Å². The highest BCUT2D eigenvalue weighted by atomic mass is 32.1. The molecule has 0 spiro atoms. The molecule has 0 aliphatic carbocycles. The van der Waals surface area contributed by atoms with Gasteiger partial charge in [0.2, 0.25) is 0 Å². The zero-order valence-electron chi connectivity index (χ0n) is 13.4. The Morgan fingerprint density at radius 2 is 2.13 bits per heavy atom. The second-order valence-electron chi connectivity index (χ2n) is 6.20. The largest absolute Gasteiger partial charge is 0.367 e. The Bertz CT molecular complexity index is 815. The van der Waals surface area contributed by atoms with E-state index in [1.54, 1.807) is 11.3 Å². The van der Waals surface area contributed by atoms with E-state index in [1.807, 2.05) is 6.20 Å². The first kappa shape index (κ1) is 14.7. The van der Waals surface area contributed by atoms with Crippen molar-refractivity contribution in [3.8, 4) is 0 Å². The van der Waals surface area contributed by atoms with Crippen LogP contribution in [0.15, 0.2) is 47.3 Å². The maximum absolute atomic E-state index is 6.17. The summed E-state index contributed by atoms with van der Waals surface area (Å²) in [5, 5.41) is 5.54. The van der Waals surface area contributed by atoms with Crippen LogP contribution in [0.1, 0.15) is 24.2 Å². The number of morpholine rings is 1. The summed E-state index contributed by atoms with van der Waals surface area (Å²) in [6, 6.07) is 10.7. The standard InChI is InChI=1S/C19H20N2OS/c1-13-4-3-5-16-17(6-8-20-19(13)16)21-10-14(2)22-18(11-21)15-7-9-23-12-15/h3-9,12,14,18H,10-11H2,1-2H3. The van der Waals surface area contributed by atoms with E-state index in [0.29, 0.717) is 0 Å². The maximum Gasteiger partial charge on any atom is 0.101 e. The highest BCUT2D eigenvalue weighted by Gasteiger charge is 2.27. The molecular formula is C19H20N2OS. The molecule has 0 amide bonds. The molecule has 0 radical (unpaired) electrons. The Morgan fingerprint density at radius 1 is 1.22 bits per heavy atom. The first-order valence-corrected chi connectivity index (χ1v) is 8.93. The molecule has 1 aliphatic rings. The fourth-order valence-electron chi connectivity index (χ4n) is 3.38. The Hall–Kier alpha value is -1.91. The van der Waals surface area contributed by atoms with Gasteiger partial charge in [0.1, 0.15) is 6.10 Å². The Balaban J connectivity index is 1.74. The summed E-state index contributed by atoms with van der Waals surface area (Å²) in [4.78, 5) is 7.01. The van der Waals surface area contributed by atoms with E-state index in [1.165, 1.54) is 22.2 Å². The number of para-hydroxylation sites is 1. The van der Waals surface area contributed by atoms with Crippen molar-refractivity contribution in [3.05, 3.63) is 58.4 Å². The summed E-state index contributed by atoms with van der Waals surface area (Å²) in [5.74, 6) is 0. The van der Waals surface area contributed by atoms with E-state index in [-0.39, 0.29) is 12.2 Å².